The molecule has 118 valence electrons. The van der Waals surface area contributed by atoms with Gasteiger partial charge >= 0.3 is 0 Å². The van der Waals surface area contributed by atoms with Crippen molar-refractivity contribution in [3.8, 4) is 5.75 Å². The number of amides is 1. The Hall–Kier alpha value is -2.04. The van der Waals surface area contributed by atoms with Crippen LogP contribution < -0.4 is 4.74 Å². The first-order valence-corrected chi connectivity index (χ1v) is 7.87. The first kappa shape index (κ1) is 14.9. The molecule has 0 radical (unpaired) electrons. The smallest absolute Gasteiger partial charge is 0.267 e. The van der Waals surface area contributed by atoms with Crippen LogP contribution in [0.5, 0.6) is 5.75 Å². The Morgan fingerprint density at radius 3 is 2.95 bits per heavy atom. The van der Waals surface area contributed by atoms with E-state index in [2.05, 4.69) is 12.1 Å². The summed E-state index contributed by atoms with van der Waals surface area (Å²) < 4.78 is 5.36. The lowest BCUT2D eigenvalue weighted by atomic mass is 10.00. The summed E-state index contributed by atoms with van der Waals surface area (Å²) in [4.78, 5) is 20.0. The summed E-state index contributed by atoms with van der Waals surface area (Å²) in [6.45, 7) is 2.93. The van der Waals surface area contributed by atoms with Gasteiger partial charge in [0.25, 0.3) is 5.91 Å². The van der Waals surface area contributed by atoms with Crippen LogP contribution in [0, 0.1) is 0 Å². The van der Waals surface area contributed by atoms with Crippen LogP contribution in [0.25, 0.3) is 0 Å². The lowest BCUT2D eigenvalue weighted by Crippen LogP contribution is -2.47. The maximum absolute atomic E-state index is 12.6. The molecule has 1 aromatic carbocycles. The second-order valence-corrected chi connectivity index (χ2v) is 5.91. The third-order valence-corrected chi connectivity index (χ3v) is 4.45. The zero-order chi connectivity index (χ0) is 15.5. The number of methoxy groups -OCH3 is 1. The summed E-state index contributed by atoms with van der Waals surface area (Å²) in [5, 5.41) is 4.13. The van der Waals surface area contributed by atoms with Crippen LogP contribution in [0.15, 0.2) is 29.4 Å². The Labute approximate surface area is 130 Å². The molecule has 0 N–H and O–H groups in total. The maximum Gasteiger partial charge on any atom is 0.267 e. The Balaban J connectivity index is 1.70. The van der Waals surface area contributed by atoms with Crippen LogP contribution >= 0.6 is 0 Å². The van der Waals surface area contributed by atoms with Crippen molar-refractivity contribution in [2.24, 2.45) is 5.16 Å². The summed E-state index contributed by atoms with van der Waals surface area (Å²) in [5.41, 5.74) is 1.67. The molecule has 0 saturated carbocycles. The number of oxime groups is 1. The van der Waals surface area contributed by atoms with Gasteiger partial charge in [-0.3, -0.25) is 4.79 Å². The standard InChI is InChI=1S/C17H22N2O3/c1-12-7-5-6-10-19(12)17(20)16-11-14(18-22-16)13-8-3-4-9-15(13)21-2/h3-4,8-9,12,16H,5-7,10-11H2,1-2H3/t12-,16+/m1/s1. The van der Waals surface area contributed by atoms with Crippen LogP contribution in [0.4, 0.5) is 0 Å². The minimum Gasteiger partial charge on any atom is -0.496 e. The molecule has 0 aromatic heterocycles. The minimum atomic E-state index is -0.500. The molecule has 1 amide bonds. The zero-order valence-corrected chi connectivity index (χ0v) is 13.1. The minimum absolute atomic E-state index is 0.0563. The van der Waals surface area contributed by atoms with Gasteiger partial charge in [0, 0.05) is 24.6 Å². The number of ether oxygens (including phenoxy) is 1. The largest absolute Gasteiger partial charge is 0.496 e. The molecular weight excluding hydrogens is 280 g/mol. The van der Waals surface area contributed by atoms with Crippen molar-refractivity contribution in [3.05, 3.63) is 29.8 Å². The van der Waals surface area contributed by atoms with Crippen molar-refractivity contribution in [1.29, 1.82) is 0 Å². The number of benzene rings is 1. The molecule has 0 unspecified atom stereocenters. The van der Waals surface area contributed by atoms with Gasteiger partial charge in [0.15, 0.2) is 0 Å². The topological polar surface area (TPSA) is 51.1 Å². The number of hydrogen-bond donors (Lipinski definition) is 0. The Morgan fingerprint density at radius 1 is 1.36 bits per heavy atom. The molecule has 3 rings (SSSR count). The van der Waals surface area contributed by atoms with Crippen LogP contribution in [-0.4, -0.2) is 42.3 Å². The first-order valence-electron chi connectivity index (χ1n) is 7.87. The second-order valence-electron chi connectivity index (χ2n) is 5.91. The van der Waals surface area contributed by atoms with Crippen LogP contribution in [0.2, 0.25) is 0 Å². The summed E-state index contributed by atoms with van der Waals surface area (Å²) in [7, 11) is 1.63. The molecule has 0 aliphatic carbocycles. The van der Waals surface area contributed by atoms with Crippen LogP contribution in [-0.2, 0) is 9.63 Å². The highest BCUT2D eigenvalue weighted by molar-refractivity contribution is 6.05. The van der Waals surface area contributed by atoms with E-state index in [1.54, 1.807) is 7.11 Å². The highest BCUT2D eigenvalue weighted by Gasteiger charge is 2.35. The van der Waals surface area contributed by atoms with Gasteiger partial charge in [-0.25, -0.2) is 0 Å². The highest BCUT2D eigenvalue weighted by atomic mass is 16.6. The lowest BCUT2D eigenvalue weighted by molar-refractivity contribution is -0.145. The molecule has 2 heterocycles. The van der Waals surface area contributed by atoms with Crippen molar-refractivity contribution >= 4 is 11.6 Å². The molecule has 2 aliphatic heterocycles. The molecule has 5 nitrogen and oxygen atoms in total. The number of carbonyl (C=O) groups excluding carboxylic acids is 1. The molecule has 0 spiro atoms. The third kappa shape index (κ3) is 2.80. The quantitative estimate of drug-likeness (QED) is 0.862. The Morgan fingerprint density at radius 2 is 2.18 bits per heavy atom. The fourth-order valence-corrected chi connectivity index (χ4v) is 3.16. The van der Waals surface area contributed by atoms with Crippen LogP contribution in [0.1, 0.15) is 38.2 Å². The van der Waals surface area contributed by atoms with Crippen molar-refractivity contribution in [1.82, 2.24) is 4.90 Å². The molecule has 1 aromatic rings. The molecule has 22 heavy (non-hydrogen) atoms. The fraction of sp³-hybridized carbons (Fsp3) is 0.529. The average Bonchev–Trinajstić information content (AvgIpc) is 3.04. The number of para-hydroxylation sites is 1. The summed E-state index contributed by atoms with van der Waals surface area (Å²) in [5.74, 6) is 0.810. The third-order valence-electron chi connectivity index (χ3n) is 4.45. The number of carbonyl (C=O) groups is 1. The normalized spacial score (nSPS) is 24.6. The predicted molar refractivity (Wildman–Crippen MR) is 84.0 cm³/mol. The van der Waals surface area contributed by atoms with Crippen molar-refractivity contribution in [3.63, 3.8) is 0 Å². The number of nitrogens with zero attached hydrogens (tertiary/aromatic N) is 2. The van der Waals surface area contributed by atoms with Crippen molar-refractivity contribution in [2.45, 2.75) is 44.8 Å². The summed E-state index contributed by atoms with van der Waals surface area (Å²) in [6, 6.07) is 7.97. The average molecular weight is 302 g/mol. The molecule has 2 atom stereocenters. The maximum atomic E-state index is 12.6. The fourth-order valence-electron chi connectivity index (χ4n) is 3.16. The highest BCUT2D eigenvalue weighted by Crippen LogP contribution is 2.26. The number of likely N-dealkylation sites (tertiary alicyclic amines) is 1. The molecule has 0 bridgehead atoms. The number of piperidine rings is 1. The monoisotopic (exact) mass is 302 g/mol. The van der Waals surface area contributed by atoms with E-state index in [-0.39, 0.29) is 5.91 Å². The van der Waals surface area contributed by atoms with Gasteiger partial charge in [0.05, 0.1) is 12.8 Å². The molecule has 1 saturated heterocycles. The predicted octanol–water partition coefficient (Wildman–Crippen LogP) is 2.59. The van der Waals surface area contributed by atoms with Gasteiger partial charge < -0.3 is 14.5 Å². The van der Waals surface area contributed by atoms with E-state index in [0.717, 1.165) is 36.4 Å². The number of rotatable bonds is 3. The van der Waals surface area contributed by atoms with Crippen molar-refractivity contribution in [2.75, 3.05) is 13.7 Å². The molecule has 5 heteroatoms. The van der Waals surface area contributed by atoms with E-state index >= 15 is 0 Å². The van der Waals surface area contributed by atoms with E-state index < -0.39 is 6.10 Å². The van der Waals surface area contributed by atoms with E-state index in [1.165, 1.54) is 6.42 Å². The van der Waals surface area contributed by atoms with Gasteiger partial charge in [-0.05, 0) is 38.3 Å². The Bertz CT molecular complexity index is 585. The molecule has 1 fully saturated rings. The molecule has 2 aliphatic rings. The van der Waals surface area contributed by atoms with E-state index in [9.17, 15) is 4.79 Å². The first-order chi connectivity index (χ1) is 10.7. The van der Waals surface area contributed by atoms with Gasteiger partial charge in [-0.2, -0.15) is 0 Å². The van der Waals surface area contributed by atoms with E-state index in [1.807, 2.05) is 29.2 Å². The van der Waals surface area contributed by atoms with Crippen molar-refractivity contribution < 1.29 is 14.4 Å². The zero-order valence-electron chi connectivity index (χ0n) is 13.1. The Kier molecular flexibility index (Phi) is 4.32. The summed E-state index contributed by atoms with van der Waals surface area (Å²) in [6.07, 6.45) is 3.34. The van der Waals surface area contributed by atoms with Gasteiger partial charge in [0.1, 0.15) is 5.75 Å². The SMILES string of the molecule is COc1ccccc1C1=NO[C@H](C(=O)N2CCCC[C@H]2C)C1. The van der Waals surface area contributed by atoms with Gasteiger partial charge in [-0.1, -0.05) is 17.3 Å². The lowest BCUT2D eigenvalue weighted by Gasteiger charge is -2.34. The number of hydrogen-bond acceptors (Lipinski definition) is 4. The van der Waals surface area contributed by atoms with Gasteiger partial charge in [-0.15, -0.1) is 0 Å². The van der Waals surface area contributed by atoms with Crippen LogP contribution in [0.3, 0.4) is 0 Å². The van der Waals surface area contributed by atoms with E-state index in [4.69, 9.17) is 9.57 Å². The van der Waals surface area contributed by atoms with Gasteiger partial charge in [0.2, 0.25) is 6.10 Å². The van der Waals surface area contributed by atoms with E-state index in [0.29, 0.717) is 12.5 Å². The summed E-state index contributed by atoms with van der Waals surface area (Å²) >= 11 is 0. The molecular formula is C17H22N2O3. The second kappa shape index (κ2) is 6.38.